The summed E-state index contributed by atoms with van der Waals surface area (Å²) in [4.78, 5) is 3.24. The lowest BCUT2D eigenvalue weighted by Gasteiger charge is -2.05. The molecule has 1 N–H and O–H groups in total. The molecule has 0 saturated heterocycles. The quantitative estimate of drug-likeness (QED) is 0.644. The third kappa shape index (κ3) is 2.72. The van der Waals surface area contributed by atoms with E-state index >= 15 is 0 Å². The topological polar surface area (TPSA) is 29.9 Å². The Morgan fingerprint density at radius 2 is 2.22 bits per heavy atom. The number of ether oxygens (including phenoxy) is 1. The van der Waals surface area contributed by atoms with Crippen molar-refractivity contribution in [1.29, 1.82) is 0 Å². The molecule has 18 heavy (non-hydrogen) atoms. The normalized spacial score (nSPS) is 11.0. The van der Waals surface area contributed by atoms with E-state index in [2.05, 4.69) is 21.9 Å². The minimum absolute atomic E-state index is 0.777. The highest BCUT2D eigenvalue weighted by Gasteiger charge is 2.07. The van der Waals surface area contributed by atoms with E-state index in [1.54, 1.807) is 7.11 Å². The van der Waals surface area contributed by atoms with Crippen LogP contribution in [0.5, 0.6) is 5.75 Å². The predicted octanol–water partition coefficient (Wildman–Crippen LogP) is 3.85. The van der Waals surface area contributed by atoms with Crippen LogP contribution in [-0.4, -0.2) is 28.7 Å². The number of aryl methyl sites for hydroxylation is 1. The number of aromatic nitrogens is 2. The van der Waals surface area contributed by atoms with Crippen molar-refractivity contribution in [2.45, 2.75) is 19.4 Å². The predicted molar refractivity (Wildman–Crippen MR) is 81.3 cm³/mol. The first-order chi connectivity index (χ1) is 8.77. The van der Waals surface area contributed by atoms with Crippen LogP contribution in [0.4, 0.5) is 0 Å². The van der Waals surface area contributed by atoms with E-state index < -0.39 is 0 Å². The van der Waals surface area contributed by atoms with Gasteiger partial charge in [-0.1, -0.05) is 6.07 Å². The van der Waals surface area contributed by atoms with Crippen LogP contribution in [0.1, 0.15) is 12.8 Å². The first-order valence-electron chi connectivity index (χ1n) is 6.02. The third-order valence-corrected chi connectivity index (χ3v) is 3.99. The maximum absolute atomic E-state index is 5.39. The molecule has 0 amide bonds. The van der Waals surface area contributed by atoms with Gasteiger partial charge in [-0.05, 0) is 49.2 Å². The van der Waals surface area contributed by atoms with Crippen LogP contribution >= 0.6 is 24.0 Å². The van der Waals surface area contributed by atoms with Gasteiger partial charge in [-0.25, -0.2) is 0 Å². The Morgan fingerprint density at radius 1 is 1.39 bits per heavy atom. The number of unbranched alkanes of at least 4 members (excludes halogenated alkanes) is 1. The molecule has 1 heterocycles. The van der Waals surface area contributed by atoms with Gasteiger partial charge in [0.05, 0.1) is 12.6 Å². The van der Waals surface area contributed by atoms with Crippen molar-refractivity contribution in [2.24, 2.45) is 0 Å². The second kappa shape index (κ2) is 6.29. The Bertz CT molecular complexity index is 574. The van der Waals surface area contributed by atoms with Crippen LogP contribution < -0.4 is 4.74 Å². The van der Waals surface area contributed by atoms with Crippen LogP contribution in [0.25, 0.3) is 11.0 Å². The number of fused-ring (bicyclic) bond motifs is 1. The fourth-order valence-electron chi connectivity index (χ4n) is 2.06. The number of nitrogens with zero attached hydrogens (tertiary/aromatic N) is 1. The number of para-hydroxylation sites is 1. The van der Waals surface area contributed by atoms with Gasteiger partial charge < -0.3 is 14.3 Å². The standard InChI is InChI=1S/C13H18N2OS2/c1-16-11-7-5-6-10-12(11)14-13(17)15(10)8-3-4-9-18-2/h5-7H,3-4,8-9H2,1-2H3,(H,14,17). The molecule has 0 saturated carbocycles. The molecule has 98 valence electrons. The fourth-order valence-corrected chi connectivity index (χ4v) is 2.85. The summed E-state index contributed by atoms with van der Waals surface area (Å²) in [6.45, 7) is 0.965. The highest BCUT2D eigenvalue weighted by molar-refractivity contribution is 7.98. The molecule has 0 radical (unpaired) electrons. The Morgan fingerprint density at radius 3 is 2.94 bits per heavy atom. The van der Waals surface area contributed by atoms with Crippen molar-refractivity contribution in [1.82, 2.24) is 9.55 Å². The molecule has 3 nitrogen and oxygen atoms in total. The highest BCUT2D eigenvalue weighted by atomic mass is 32.2. The molecule has 5 heteroatoms. The lowest BCUT2D eigenvalue weighted by molar-refractivity contribution is 0.419. The largest absolute Gasteiger partial charge is 0.494 e. The molecular formula is C13H18N2OS2. The number of benzene rings is 1. The Balaban J connectivity index is 2.27. The number of hydrogen-bond donors (Lipinski definition) is 1. The number of imidazole rings is 1. The number of methoxy groups -OCH3 is 1. The SMILES string of the molecule is COc1cccc2c1[nH]c(=S)n2CCCCSC. The molecule has 0 spiro atoms. The Hall–Kier alpha value is -0.940. The first kappa shape index (κ1) is 13.5. The molecule has 0 aliphatic carbocycles. The molecule has 0 atom stereocenters. The van der Waals surface area contributed by atoms with Crippen molar-refractivity contribution in [3.63, 3.8) is 0 Å². The Labute approximate surface area is 117 Å². The molecule has 0 aliphatic rings. The summed E-state index contributed by atoms with van der Waals surface area (Å²) >= 11 is 7.27. The summed E-state index contributed by atoms with van der Waals surface area (Å²) in [6.07, 6.45) is 4.51. The number of hydrogen-bond acceptors (Lipinski definition) is 3. The van der Waals surface area contributed by atoms with Crippen LogP contribution in [-0.2, 0) is 6.54 Å². The number of thioether (sulfide) groups is 1. The van der Waals surface area contributed by atoms with E-state index in [0.717, 1.165) is 34.5 Å². The number of H-pyrrole nitrogens is 1. The van der Waals surface area contributed by atoms with Gasteiger partial charge in [0.25, 0.3) is 0 Å². The highest BCUT2D eigenvalue weighted by Crippen LogP contribution is 2.24. The van der Waals surface area contributed by atoms with E-state index in [0.29, 0.717) is 0 Å². The van der Waals surface area contributed by atoms with Crippen molar-refractivity contribution < 1.29 is 4.74 Å². The van der Waals surface area contributed by atoms with Gasteiger partial charge in [0, 0.05) is 6.54 Å². The molecule has 2 rings (SSSR count). The summed E-state index contributed by atoms with van der Waals surface area (Å²) in [5.41, 5.74) is 2.12. The van der Waals surface area contributed by atoms with Gasteiger partial charge in [-0.15, -0.1) is 0 Å². The first-order valence-corrected chi connectivity index (χ1v) is 7.82. The number of nitrogens with one attached hydrogen (secondary N) is 1. The molecular weight excluding hydrogens is 264 g/mol. The summed E-state index contributed by atoms with van der Waals surface area (Å²) in [5, 5.41) is 0. The third-order valence-electron chi connectivity index (χ3n) is 2.97. The zero-order valence-electron chi connectivity index (χ0n) is 10.7. The summed E-state index contributed by atoms with van der Waals surface area (Å²) in [6, 6.07) is 6.03. The molecule has 1 aromatic carbocycles. The van der Waals surface area contributed by atoms with Gasteiger partial charge in [-0.2, -0.15) is 11.8 Å². The second-order valence-corrected chi connectivity index (χ2v) is 5.51. The fraction of sp³-hybridized carbons (Fsp3) is 0.462. The molecule has 0 bridgehead atoms. The van der Waals surface area contributed by atoms with Crippen molar-refractivity contribution in [3.05, 3.63) is 23.0 Å². The average molecular weight is 282 g/mol. The van der Waals surface area contributed by atoms with Crippen molar-refractivity contribution >= 4 is 35.0 Å². The monoisotopic (exact) mass is 282 g/mol. The van der Waals surface area contributed by atoms with Gasteiger partial charge in [-0.3, -0.25) is 0 Å². The summed E-state index contributed by atoms with van der Waals surface area (Å²) in [5.74, 6) is 2.06. The summed E-state index contributed by atoms with van der Waals surface area (Å²) in [7, 11) is 1.68. The lowest BCUT2D eigenvalue weighted by Crippen LogP contribution is -1.98. The molecule has 0 unspecified atom stereocenters. The average Bonchev–Trinajstić information content (AvgIpc) is 2.70. The van der Waals surface area contributed by atoms with E-state index in [1.165, 1.54) is 12.2 Å². The maximum Gasteiger partial charge on any atom is 0.178 e. The van der Waals surface area contributed by atoms with Crippen LogP contribution in [0.15, 0.2) is 18.2 Å². The molecule has 1 aromatic heterocycles. The zero-order chi connectivity index (χ0) is 13.0. The van der Waals surface area contributed by atoms with Gasteiger partial charge >= 0.3 is 0 Å². The summed E-state index contributed by atoms with van der Waals surface area (Å²) < 4.78 is 8.28. The smallest absolute Gasteiger partial charge is 0.178 e. The zero-order valence-corrected chi connectivity index (χ0v) is 12.4. The van der Waals surface area contributed by atoms with E-state index in [9.17, 15) is 0 Å². The van der Waals surface area contributed by atoms with Crippen molar-refractivity contribution in [3.8, 4) is 5.75 Å². The van der Waals surface area contributed by atoms with Crippen molar-refractivity contribution in [2.75, 3.05) is 19.1 Å². The molecule has 0 fully saturated rings. The second-order valence-electron chi connectivity index (χ2n) is 4.14. The molecule has 0 aliphatic heterocycles. The van der Waals surface area contributed by atoms with Crippen LogP contribution in [0, 0.1) is 4.77 Å². The maximum atomic E-state index is 5.39. The van der Waals surface area contributed by atoms with E-state index in [4.69, 9.17) is 17.0 Å². The van der Waals surface area contributed by atoms with Gasteiger partial charge in [0.2, 0.25) is 0 Å². The molecule has 2 aromatic rings. The van der Waals surface area contributed by atoms with Crippen LogP contribution in [0.2, 0.25) is 0 Å². The van der Waals surface area contributed by atoms with Gasteiger partial charge in [0.15, 0.2) is 4.77 Å². The minimum Gasteiger partial charge on any atom is -0.494 e. The van der Waals surface area contributed by atoms with E-state index in [-0.39, 0.29) is 0 Å². The number of aromatic amines is 1. The van der Waals surface area contributed by atoms with E-state index in [1.807, 2.05) is 23.9 Å². The van der Waals surface area contributed by atoms with Crippen LogP contribution in [0.3, 0.4) is 0 Å². The minimum atomic E-state index is 0.777. The lowest BCUT2D eigenvalue weighted by atomic mass is 10.3. The van der Waals surface area contributed by atoms with Gasteiger partial charge in [0.1, 0.15) is 11.3 Å². The number of rotatable bonds is 6. The Kier molecular flexibility index (Phi) is 4.72.